The van der Waals surface area contributed by atoms with Gasteiger partial charge in [-0.1, -0.05) is 17.3 Å². The minimum Gasteiger partial charge on any atom is -0.489 e. The second-order valence-electron chi connectivity index (χ2n) is 11.2. The minimum atomic E-state index is -5.02. The Hall–Kier alpha value is -4.89. The highest BCUT2D eigenvalue weighted by Gasteiger charge is 2.58. The smallest absolute Gasteiger partial charge is 0.418 e. The number of ether oxygens (including phenoxy) is 1. The van der Waals surface area contributed by atoms with Crippen molar-refractivity contribution in [1.29, 1.82) is 0 Å². The maximum Gasteiger partial charge on any atom is 0.418 e. The van der Waals surface area contributed by atoms with Crippen molar-refractivity contribution in [2.24, 2.45) is 17.9 Å². The van der Waals surface area contributed by atoms with Crippen LogP contribution in [0.1, 0.15) is 26.5 Å². The first-order valence-corrected chi connectivity index (χ1v) is 16.4. The fraction of sp³-hybridized carbons (Fsp3) is 0.357. The number of rotatable bonds is 15. The van der Waals surface area contributed by atoms with Crippen LogP contribution in [0.25, 0.3) is 11.1 Å². The molecule has 1 fully saturated rings. The lowest BCUT2D eigenvalue weighted by molar-refractivity contribution is -0.656. The van der Waals surface area contributed by atoms with Crippen molar-refractivity contribution in [3.63, 3.8) is 0 Å². The van der Waals surface area contributed by atoms with Gasteiger partial charge in [0.2, 0.25) is 0 Å². The van der Waals surface area contributed by atoms with Crippen LogP contribution < -0.4 is 31.4 Å². The number of nitrogens with two attached hydrogens (primary N) is 2. The molecule has 0 bridgehead atoms. The number of nitrogens with one attached hydrogen (secondary N) is 2. The molecular weight excluding hydrogens is 672 g/mol. The van der Waals surface area contributed by atoms with E-state index in [1.807, 2.05) is 36.9 Å². The molecule has 0 spiro atoms. The Morgan fingerprint density at radius 3 is 2.42 bits per heavy atom. The Morgan fingerprint density at radius 1 is 1.21 bits per heavy atom. The van der Waals surface area contributed by atoms with Gasteiger partial charge in [-0.05, 0) is 44.5 Å². The number of β-lactam (4-membered cyclic amide) rings is 1. The van der Waals surface area contributed by atoms with E-state index < -0.39 is 58.2 Å². The number of hydrogen-bond donors (Lipinski definition) is 6. The zero-order chi connectivity index (χ0) is 35.4. The first-order chi connectivity index (χ1) is 22.5. The lowest BCUT2D eigenvalue weighted by Gasteiger charge is -2.50. The summed E-state index contributed by atoms with van der Waals surface area (Å²) in [6.45, 7) is 4.69. The maximum absolute atomic E-state index is 13.2. The normalized spacial score (nSPS) is 17.2. The first-order valence-electron chi connectivity index (χ1n) is 14.2. The van der Waals surface area contributed by atoms with Crippen molar-refractivity contribution >= 4 is 56.2 Å². The number of carboxylic acid groups (broad SMARTS) is 1. The molecular formula is C28H35N8O10S2+. The van der Waals surface area contributed by atoms with Crippen LogP contribution in [-0.4, -0.2) is 88.5 Å². The van der Waals surface area contributed by atoms with Crippen molar-refractivity contribution in [2.45, 2.75) is 44.5 Å². The quantitative estimate of drug-likeness (QED) is 0.0402. The van der Waals surface area contributed by atoms with E-state index in [2.05, 4.69) is 25.1 Å². The molecule has 20 heteroatoms. The van der Waals surface area contributed by atoms with Crippen LogP contribution in [0.2, 0.25) is 0 Å². The van der Waals surface area contributed by atoms with Crippen LogP contribution in [0.3, 0.4) is 0 Å². The Kier molecular flexibility index (Phi) is 10.8. The molecule has 2 aromatic heterocycles. The van der Waals surface area contributed by atoms with E-state index in [0.29, 0.717) is 17.4 Å². The number of nitrogen functional groups attached to an aromatic ring is 1. The lowest BCUT2D eigenvalue weighted by atomic mass is 9.84. The van der Waals surface area contributed by atoms with Crippen molar-refractivity contribution in [3.05, 3.63) is 53.7 Å². The van der Waals surface area contributed by atoms with Gasteiger partial charge < -0.3 is 31.5 Å². The third-order valence-corrected chi connectivity index (χ3v) is 8.13. The molecule has 1 aliphatic rings. The number of hydrogen-bond acceptors (Lipinski definition) is 14. The highest BCUT2D eigenvalue weighted by molar-refractivity contribution is 7.80. The van der Waals surface area contributed by atoms with Crippen LogP contribution in [0.4, 0.5) is 10.9 Å². The summed E-state index contributed by atoms with van der Waals surface area (Å²) in [6, 6.07) is 9.58. The van der Waals surface area contributed by atoms with Gasteiger partial charge in [-0.3, -0.25) is 19.5 Å². The van der Waals surface area contributed by atoms with E-state index in [0.717, 1.165) is 28.3 Å². The summed E-state index contributed by atoms with van der Waals surface area (Å²) in [5, 5.41) is 20.9. The van der Waals surface area contributed by atoms with Gasteiger partial charge in [-0.25, -0.2) is 14.3 Å². The van der Waals surface area contributed by atoms with Crippen LogP contribution in [0.5, 0.6) is 5.75 Å². The fourth-order valence-electron chi connectivity index (χ4n) is 4.44. The van der Waals surface area contributed by atoms with Gasteiger partial charge in [0.05, 0.1) is 18.8 Å². The summed E-state index contributed by atoms with van der Waals surface area (Å²) in [4.78, 5) is 46.9. The van der Waals surface area contributed by atoms with Crippen molar-refractivity contribution in [1.82, 2.24) is 15.4 Å². The van der Waals surface area contributed by atoms with Gasteiger partial charge in [0, 0.05) is 23.6 Å². The van der Waals surface area contributed by atoms with Gasteiger partial charge in [0.25, 0.3) is 23.7 Å². The number of anilines is 2. The zero-order valence-corrected chi connectivity index (χ0v) is 27.8. The maximum atomic E-state index is 13.2. The molecule has 3 atom stereocenters. The van der Waals surface area contributed by atoms with Crippen molar-refractivity contribution in [3.8, 4) is 16.9 Å². The van der Waals surface area contributed by atoms with Gasteiger partial charge in [0.1, 0.15) is 30.1 Å². The zero-order valence-electron chi connectivity index (χ0n) is 26.2. The standard InChI is InChI=1S/C28H34N8O10S2/c1-15(11-29)31-21-10-7-17(12-35(21)4)16-5-8-18(9-6-16)44-13-20(26(39)40)45-34-22(19-14-47-27(30)32-19)24(37)33-23-25(38)36(28(23,2)3)46-48(41,42)43/h5-10,12,14-15,20,23H,11,13,29H2,1-4H3,(H5,30,32,33,37,39,40,41,42,43)/p+1/b34-22-/t15?,20?,23-/m1/s1. The number of aryl methyl sites for hydroxylation is 1. The van der Waals surface area contributed by atoms with Crippen LogP contribution >= 0.6 is 11.3 Å². The Bertz CT molecular complexity index is 1810. The monoisotopic (exact) mass is 707 g/mol. The first kappa shape index (κ1) is 36.0. The van der Waals surface area contributed by atoms with E-state index in [-0.39, 0.29) is 16.9 Å². The van der Waals surface area contributed by atoms with Gasteiger partial charge in [-0.15, -0.1) is 15.6 Å². The number of benzene rings is 1. The molecule has 1 aromatic carbocycles. The van der Waals surface area contributed by atoms with Crippen molar-refractivity contribution < 1.29 is 50.9 Å². The fourth-order valence-corrected chi connectivity index (χ4v) is 5.44. The van der Waals surface area contributed by atoms with E-state index in [9.17, 15) is 27.9 Å². The summed E-state index contributed by atoms with van der Waals surface area (Å²) in [5.74, 6) is -2.23. The number of thiazole rings is 1. The predicted molar refractivity (Wildman–Crippen MR) is 172 cm³/mol. The molecule has 2 amide bonds. The Balaban J connectivity index is 1.44. The summed E-state index contributed by atoms with van der Waals surface area (Å²) in [5.41, 5.74) is 11.2. The summed E-state index contributed by atoms with van der Waals surface area (Å²) in [6.07, 6.45) is 0.265. The van der Waals surface area contributed by atoms with E-state index in [1.54, 1.807) is 24.3 Å². The van der Waals surface area contributed by atoms with Crippen molar-refractivity contribution in [2.75, 3.05) is 24.2 Å². The highest BCUT2D eigenvalue weighted by atomic mass is 32.3. The number of carbonyl (C=O) groups is 3. The van der Waals surface area contributed by atoms with E-state index in [4.69, 9.17) is 25.6 Å². The van der Waals surface area contributed by atoms with E-state index in [1.165, 1.54) is 19.2 Å². The summed E-state index contributed by atoms with van der Waals surface area (Å²) < 4.78 is 43.0. The molecule has 3 aromatic rings. The number of aromatic nitrogens is 2. The number of pyridine rings is 1. The largest absolute Gasteiger partial charge is 0.489 e. The van der Waals surface area contributed by atoms with Crippen LogP contribution in [0, 0.1) is 0 Å². The molecule has 1 saturated heterocycles. The second-order valence-corrected chi connectivity index (χ2v) is 13.1. The molecule has 258 valence electrons. The Labute approximate surface area is 279 Å². The number of aliphatic carboxylic acids is 1. The Morgan fingerprint density at radius 2 is 1.88 bits per heavy atom. The molecule has 8 N–H and O–H groups in total. The molecule has 48 heavy (non-hydrogen) atoms. The molecule has 1 aliphatic heterocycles. The number of oxime groups is 1. The van der Waals surface area contributed by atoms with E-state index >= 15 is 0 Å². The SMILES string of the molecule is CC(CN)Nc1ccc(-c2ccc(OCC(O/N=C(\C(=O)N[C@@H]3C(=O)N(OS(=O)(=O)O)C3(C)C)c3csc(N)n3)C(=O)O)cc2)c[n+]1C. The van der Waals surface area contributed by atoms with Crippen LogP contribution in [0.15, 0.2) is 53.1 Å². The third-order valence-electron chi connectivity index (χ3n) is 7.12. The number of carboxylic acids is 1. The van der Waals surface area contributed by atoms with Gasteiger partial charge in [0.15, 0.2) is 10.8 Å². The molecule has 18 nitrogen and oxygen atoms in total. The number of hydroxylamine groups is 2. The molecule has 2 unspecified atom stereocenters. The number of amides is 2. The topological polar surface area (TPSA) is 262 Å². The molecule has 0 aliphatic carbocycles. The molecule has 0 radical (unpaired) electrons. The molecule has 4 rings (SSSR count). The highest BCUT2D eigenvalue weighted by Crippen LogP contribution is 2.33. The third kappa shape index (κ3) is 8.52. The van der Waals surface area contributed by atoms with Gasteiger partial charge >= 0.3 is 16.4 Å². The average Bonchev–Trinajstić information content (AvgIpc) is 3.46. The average molecular weight is 708 g/mol. The second kappa shape index (κ2) is 14.5. The minimum absolute atomic E-state index is 0.0578. The number of nitrogens with zero attached hydrogens (tertiary/aromatic N) is 4. The lowest BCUT2D eigenvalue weighted by Crippen LogP contribution is -2.76. The predicted octanol–water partition coefficient (Wildman–Crippen LogP) is 0.0688. The van der Waals surface area contributed by atoms with Crippen LogP contribution in [-0.2, 0) is 41.0 Å². The number of carbonyl (C=O) groups excluding carboxylic acids is 2. The molecule has 0 saturated carbocycles. The molecule has 3 heterocycles. The summed E-state index contributed by atoms with van der Waals surface area (Å²) in [7, 11) is -3.11. The van der Waals surface area contributed by atoms with Gasteiger partial charge in [-0.2, -0.15) is 13.5 Å². The summed E-state index contributed by atoms with van der Waals surface area (Å²) >= 11 is 0.958.